The Kier molecular flexibility index (Phi) is 7.80. The van der Waals surface area contributed by atoms with E-state index in [0.29, 0.717) is 0 Å². The van der Waals surface area contributed by atoms with Gasteiger partial charge in [-0.1, -0.05) is 42.5 Å². The lowest BCUT2D eigenvalue weighted by Gasteiger charge is -2.31. The number of rotatable bonds is 5. The molecule has 106 valence electrons. The van der Waals surface area contributed by atoms with E-state index in [1.54, 1.807) is 0 Å². The number of nitrogens with zero attached hydrogens (tertiary/aromatic N) is 1. The molecular weight excluding hydrogens is 256 g/mol. The number of likely N-dealkylation sites (tertiary alicyclic amines) is 1. The second-order valence-corrected chi connectivity index (χ2v) is 5.14. The van der Waals surface area contributed by atoms with Crippen LogP contribution in [-0.4, -0.2) is 38.1 Å². The first-order chi connectivity index (χ1) is 8.88. The Balaban J connectivity index is 0.00000180. The van der Waals surface area contributed by atoms with Gasteiger partial charge in [0, 0.05) is 13.1 Å². The molecule has 0 saturated carbocycles. The van der Waals surface area contributed by atoms with Crippen LogP contribution >= 0.6 is 12.4 Å². The lowest BCUT2D eigenvalue weighted by atomic mass is 9.98. The summed E-state index contributed by atoms with van der Waals surface area (Å²) in [6, 6.07) is 10.5. The van der Waals surface area contributed by atoms with Gasteiger partial charge in [0.2, 0.25) is 0 Å². The predicted octanol–water partition coefficient (Wildman–Crippen LogP) is 3.05. The Morgan fingerprint density at radius 2 is 2.11 bits per heavy atom. The van der Waals surface area contributed by atoms with Gasteiger partial charge in [0.05, 0.1) is 0 Å². The lowest BCUT2D eigenvalue weighted by molar-refractivity contribution is 0.190. The van der Waals surface area contributed by atoms with E-state index in [9.17, 15) is 0 Å². The van der Waals surface area contributed by atoms with Crippen molar-refractivity contribution in [2.45, 2.75) is 12.8 Å². The summed E-state index contributed by atoms with van der Waals surface area (Å²) in [6.45, 7) is 4.72. The molecule has 0 radical (unpaired) electrons. The van der Waals surface area contributed by atoms with Crippen LogP contribution in [-0.2, 0) is 0 Å². The average molecular weight is 281 g/mol. The number of hydrogen-bond donors (Lipinski definition) is 1. The minimum absolute atomic E-state index is 0. The van der Waals surface area contributed by atoms with Gasteiger partial charge in [-0.15, -0.1) is 12.4 Å². The molecule has 1 aliphatic heterocycles. The Bertz CT molecular complexity index is 362. The fourth-order valence-electron chi connectivity index (χ4n) is 2.67. The van der Waals surface area contributed by atoms with Gasteiger partial charge < -0.3 is 5.32 Å². The highest BCUT2D eigenvalue weighted by atomic mass is 35.5. The van der Waals surface area contributed by atoms with Crippen molar-refractivity contribution in [3.8, 4) is 0 Å². The highest BCUT2D eigenvalue weighted by Gasteiger charge is 2.17. The maximum Gasteiger partial charge on any atom is 0.0166 e. The first-order valence-electron chi connectivity index (χ1n) is 6.97. The molecule has 0 aromatic heterocycles. The fourth-order valence-corrected chi connectivity index (χ4v) is 2.67. The van der Waals surface area contributed by atoms with Crippen LogP contribution in [0.15, 0.2) is 36.4 Å². The highest BCUT2D eigenvalue weighted by molar-refractivity contribution is 5.85. The molecular formula is C16H25ClN2. The summed E-state index contributed by atoms with van der Waals surface area (Å²) < 4.78 is 0. The molecule has 1 unspecified atom stereocenters. The number of nitrogens with one attached hydrogen (secondary N) is 1. The maximum absolute atomic E-state index is 3.30. The third-order valence-corrected chi connectivity index (χ3v) is 3.57. The summed E-state index contributed by atoms with van der Waals surface area (Å²) in [5.74, 6) is 0.828. The lowest BCUT2D eigenvalue weighted by Crippen LogP contribution is -2.38. The van der Waals surface area contributed by atoms with E-state index < -0.39 is 0 Å². The van der Waals surface area contributed by atoms with E-state index in [1.165, 1.54) is 31.5 Å². The number of benzene rings is 1. The molecule has 1 aliphatic rings. The summed E-state index contributed by atoms with van der Waals surface area (Å²) >= 11 is 0. The van der Waals surface area contributed by atoms with E-state index in [1.807, 2.05) is 7.05 Å². The summed E-state index contributed by atoms with van der Waals surface area (Å²) in [5.41, 5.74) is 1.29. The van der Waals surface area contributed by atoms with Crippen molar-refractivity contribution in [1.29, 1.82) is 0 Å². The van der Waals surface area contributed by atoms with Crippen molar-refractivity contribution in [1.82, 2.24) is 10.2 Å². The average Bonchev–Trinajstić information content (AvgIpc) is 2.41. The molecule has 1 heterocycles. The Labute approximate surface area is 123 Å². The molecule has 0 bridgehead atoms. The Hall–Kier alpha value is -0.830. The van der Waals surface area contributed by atoms with E-state index in [-0.39, 0.29) is 12.4 Å². The van der Waals surface area contributed by atoms with Gasteiger partial charge in [-0.05, 0) is 44.5 Å². The van der Waals surface area contributed by atoms with Crippen LogP contribution in [0.2, 0.25) is 0 Å². The third-order valence-electron chi connectivity index (χ3n) is 3.57. The summed E-state index contributed by atoms with van der Waals surface area (Å²) in [7, 11) is 2.05. The van der Waals surface area contributed by atoms with Gasteiger partial charge in [-0.3, -0.25) is 4.90 Å². The molecule has 1 aromatic carbocycles. The molecule has 3 heteroatoms. The van der Waals surface area contributed by atoms with Crippen molar-refractivity contribution < 1.29 is 0 Å². The van der Waals surface area contributed by atoms with Crippen LogP contribution in [0, 0.1) is 5.92 Å². The number of hydrogen-bond acceptors (Lipinski definition) is 2. The van der Waals surface area contributed by atoms with Crippen LogP contribution < -0.4 is 5.32 Å². The molecule has 2 nitrogen and oxygen atoms in total. The minimum Gasteiger partial charge on any atom is -0.319 e. The van der Waals surface area contributed by atoms with Gasteiger partial charge >= 0.3 is 0 Å². The summed E-state index contributed by atoms with van der Waals surface area (Å²) in [5, 5.41) is 3.30. The van der Waals surface area contributed by atoms with Crippen LogP contribution in [0.1, 0.15) is 18.4 Å². The quantitative estimate of drug-likeness (QED) is 0.892. The Morgan fingerprint density at radius 3 is 2.84 bits per heavy atom. The van der Waals surface area contributed by atoms with E-state index in [2.05, 4.69) is 52.7 Å². The molecule has 1 atom stereocenters. The minimum atomic E-state index is 0. The summed E-state index contributed by atoms with van der Waals surface area (Å²) in [4.78, 5) is 2.56. The fraction of sp³-hybridized carbons (Fsp3) is 0.500. The van der Waals surface area contributed by atoms with Crippen LogP contribution in [0.3, 0.4) is 0 Å². The second kappa shape index (κ2) is 9.13. The number of halogens is 1. The summed E-state index contributed by atoms with van der Waals surface area (Å²) in [6.07, 6.45) is 7.23. The van der Waals surface area contributed by atoms with Gasteiger partial charge in [0.25, 0.3) is 0 Å². The van der Waals surface area contributed by atoms with E-state index >= 15 is 0 Å². The molecule has 1 N–H and O–H groups in total. The second-order valence-electron chi connectivity index (χ2n) is 5.14. The maximum atomic E-state index is 3.30. The van der Waals surface area contributed by atoms with E-state index in [0.717, 1.165) is 19.0 Å². The molecule has 19 heavy (non-hydrogen) atoms. The van der Waals surface area contributed by atoms with Crippen LogP contribution in [0.4, 0.5) is 0 Å². The molecule has 1 aromatic rings. The first-order valence-corrected chi connectivity index (χ1v) is 6.97. The molecule has 0 spiro atoms. The zero-order valence-electron chi connectivity index (χ0n) is 11.7. The van der Waals surface area contributed by atoms with Crippen molar-refractivity contribution in [2.24, 2.45) is 5.92 Å². The first kappa shape index (κ1) is 16.2. The van der Waals surface area contributed by atoms with Crippen molar-refractivity contribution in [2.75, 3.05) is 33.2 Å². The van der Waals surface area contributed by atoms with Gasteiger partial charge in [-0.2, -0.15) is 0 Å². The van der Waals surface area contributed by atoms with Crippen molar-refractivity contribution in [3.63, 3.8) is 0 Å². The molecule has 0 aliphatic carbocycles. The molecule has 1 fully saturated rings. The van der Waals surface area contributed by atoms with Crippen LogP contribution in [0.25, 0.3) is 6.08 Å². The normalized spacial score (nSPS) is 20.4. The zero-order valence-corrected chi connectivity index (χ0v) is 12.5. The third kappa shape index (κ3) is 5.77. The Morgan fingerprint density at radius 1 is 1.32 bits per heavy atom. The van der Waals surface area contributed by atoms with Gasteiger partial charge in [0.15, 0.2) is 0 Å². The van der Waals surface area contributed by atoms with E-state index in [4.69, 9.17) is 0 Å². The number of piperidine rings is 1. The predicted molar refractivity (Wildman–Crippen MR) is 85.8 cm³/mol. The molecule has 1 saturated heterocycles. The smallest absolute Gasteiger partial charge is 0.0166 e. The van der Waals surface area contributed by atoms with Gasteiger partial charge in [-0.25, -0.2) is 0 Å². The van der Waals surface area contributed by atoms with Crippen molar-refractivity contribution >= 4 is 18.5 Å². The molecule has 0 amide bonds. The van der Waals surface area contributed by atoms with Crippen LogP contribution in [0.5, 0.6) is 0 Å². The monoisotopic (exact) mass is 280 g/mol. The van der Waals surface area contributed by atoms with Gasteiger partial charge in [0.1, 0.15) is 0 Å². The van der Waals surface area contributed by atoms with Crippen molar-refractivity contribution in [3.05, 3.63) is 42.0 Å². The SMILES string of the molecule is CNCC1CCCN(C/C=C/c2ccccc2)C1.Cl. The highest BCUT2D eigenvalue weighted by Crippen LogP contribution is 2.15. The molecule has 2 rings (SSSR count). The zero-order chi connectivity index (χ0) is 12.6. The standard InChI is InChI=1S/C16H24N2.ClH/c1-17-13-16-10-6-12-18(14-16)11-5-9-15-7-3-2-4-8-15;/h2-5,7-9,16-17H,6,10-14H2,1H3;1H/b9-5+;. The largest absolute Gasteiger partial charge is 0.319 e. The topological polar surface area (TPSA) is 15.3 Å².